The van der Waals surface area contributed by atoms with Crippen molar-refractivity contribution in [2.45, 2.75) is 51.6 Å². The normalized spacial score (nSPS) is 12.2. The van der Waals surface area contributed by atoms with E-state index in [9.17, 15) is 27.7 Å². The van der Waals surface area contributed by atoms with E-state index < -0.39 is 43.3 Å². The summed E-state index contributed by atoms with van der Waals surface area (Å²) in [5, 5.41) is 18.2. The van der Waals surface area contributed by atoms with E-state index in [4.69, 9.17) is 4.74 Å². The lowest BCUT2D eigenvalue weighted by molar-refractivity contribution is -0.385. The zero-order chi connectivity index (χ0) is 26.6. The van der Waals surface area contributed by atoms with Gasteiger partial charge < -0.3 is 10.1 Å². The Bertz CT molecular complexity index is 1390. The van der Waals surface area contributed by atoms with E-state index in [1.807, 2.05) is 0 Å². The molecule has 3 rings (SSSR count). The fourth-order valence-corrected chi connectivity index (χ4v) is 4.71. The molecule has 0 saturated carbocycles. The molecule has 0 aliphatic carbocycles. The Kier molecular flexibility index (Phi) is 8.05. The fourth-order valence-electron chi connectivity index (χ4n) is 3.24. The monoisotopic (exact) mass is 519 g/mol. The molecule has 1 aromatic heterocycles. The molecule has 0 saturated heterocycles. The average Bonchev–Trinajstić information content (AvgIpc) is 3.15. The van der Waals surface area contributed by atoms with E-state index in [0.717, 1.165) is 12.1 Å². The highest BCUT2D eigenvalue weighted by Crippen LogP contribution is 2.34. The number of benzene rings is 2. The summed E-state index contributed by atoms with van der Waals surface area (Å²) in [7, 11) is -4.18. The average molecular weight is 520 g/mol. The molecule has 1 heterocycles. The number of nitrogens with one attached hydrogen (secondary N) is 2. The van der Waals surface area contributed by atoms with E-state index in [-0.39, 0.29) is 23.9 Å². The first kappa shape index (κ1) is 26.8. The number of ether oxygens (including phenoxy) is 1. The molecule has 0 aliphatic rings. The molecular weight excluding hydrogens is 493 g/mol. The number of aryl methyl sites for hydroxylation is 1. The van der Waals surface area contributed by atoms with E-state index in [2.05, 4.69) is 15.1 Å². The van der Waals surface area contributed by atoms with Crippen LogP contribution in [0.2, 0.25) is 0 Å². The first-order valence-electron chi connectivity index (χ1n) is 11.1. The van der Waals surface area contributed by atoms with Gasteiger partial charge in [-0.1, -0.05) is 6.92 Å². The number of sulfonamides is 1. The van der Waals surface area contributed by atoms with Crippen LogP contribution >= 0.6 is 0 Å². The number of nitrogens with zero attached hydrogens (tertiary/aromatic N) is 3. The maximum absolute atomic E-state index is 13.2. The Hall–Kier alpha value is -3.84. The third kappa shape index (κ3) is 5.86. The largest absolute Gasteiger partial charge is 0.438 e. The second-order valence-electron chi connectivity index (χ2n) is 7.98. The number of aromatic nitrogens is 2. The molecule has 11 nitrogen and oxygen atoms in total. The van der Waals surface area contributed by atoms with Crippen LogP contribution in [0.1, 0.15) is 43.2 Å². The molecule has 2 N–H and O–H groups in total. The van der Waals surface area contributed by atoms with Crippen LogP contribution in [-0.4, -0.2) is 35.1 Å². The summed E-state index contributed by atoms with van der Waals surface area (Å²) in [6, 6.07) is 8.01. The molecule has 2 aromatic carbocycles. The summed E-state index contributed by atoms with van der Waals surface area (Å²) in [4.78, 5) is 23.0. The topological polar surface area (TPSA) is 145 Å². The summed E-state index contributed by atoms with van der Waals surface area (Å²) in [5.74, 6) is -1.10. The summed E-state index contributed by atoms with van der Waals surface area (Å²) >= 11 is 0. The first-order chi connectivity index (χ1) is 17.0. The molecule has 0 radical (unpaired) electrons. The van der Waals surface area contributed by atoms with Gasteiger partial charge in [-0.25, -0.2) is 22.2 Å². The van der Waals surface area contributed by atoms with Crippen molar-refractivity contribution in [1.29, 1.82) is 0 Å². The van der Waals surface area contributed by atoms with Crippen molar-refractivity contribution in [3.05, 3.63) is 69.7 Å². The SMILES string of the molecule is CC[C@@H](C)NS(=O)(=O)c1cc([N+](=O)[O-])ccc1Oc1c(C)c(C(=O)Nc2ccc(F)cc2)nn1CC. The number of carbonyl (C=O) groups excluding carboxylic acids is 1. The minimum Gasteiger partial charge on any atom is -0.438 e. The van der Waals surface area contributed by atoms with E-state index in [1.54, 1.807) is 27.7 Å². The highest BCUT2D eigenvalue weighted by Gasteiger charge is 2.28. The number of carbonyl (C=O) groups is 1. The van der Waals surface area contributed by atoms with Crippen LogP contribution in [0.25, 0.3) is 0 Å². The summed E-state index contributed by atoms with van der Waals surface area (Å²) < 4.78 is 49.0. The molecule has 0 spiro atoms. The van der Waals surface area contributed by atoms with Crippen molar-refractivity contribution < 1.29 is 27.3 Å². The van der Waals surface area contributed by atoms with Gasteiger partial charge in [0.25, 0.3) is 11.6 Å². The van der Waals surface area contributed by atoms with Gasteiger partial charge in [0.2, 0.25) is 15.9 Å². The Morgan fingerprint density at radius 2 is 1.89 bits per heavy atom. The molecule has 1 atom stereocenters. The number of halogens is 1. The number of hydrogen-bond acceptors (Lipinski definition) is 7. The number of nitro groups is 1. The molecule has 0 aliphatic heterocycles. The number of rotatable bonds is 10. The number of nitro benzene ring substituents is 1. The molecule has 36 heavy (non-hydrogen) atoms. The lowest BCUT2D eigenvalue weighted by atomic mass is 10.2. The summed E-state index contributed by atoms with van der Waals surface area (Å²) in [6.07, 6.45) is 0.499. The smallest absolute Gasteiger partial charge is 0.276 e. The van der Waals surface area contributed by atoms with Crippen LogP contribution in [0.4, 0.5) is 15.8 Å². The van der Waals surface area contributed by atoms with Crippen LogP contribution in [0.15, 0.2) is 47.4 Å². The van der Waals surface area contributed by atoms with Gasteiger partial charge in [-0.15, -0.1) is 0 Å². The predicted octanol–water partition coefficient (Wildman–Crippen LogP) is 4.38. The number of hydrogen-bond donors (Lipinski definition) is 2. The Morgan fingerprint density at radius 3 is 2.47 bits per heavy atom. The quantitative estimate of drug-likeness (QED) is 0.299. The molecule has 0 unspecified atom stereocenters. The van der Waals surface area contributed by atoms with Crippen molar-refractivity contribution in [2.24, 2.45) is 0 Å². The lowest BCUT2D eigenvalue weighted by Gasteiger charge is -2.16. The third-order valence-electron chi connectivity index (χ3n) is 5.35. The van der Waals surface area contributed by atoms with Gasteiger partial charge in [-0.3, -0.25) is 14.9 Å². The Morgan fingerprint density at radius 1 is 1.22 bits per heavy atom. The number of anilines is 1. The predicted molar refractivity (Wildman–Crippen MR) is 130 cm³/mol. The Balaban J connectivity index is 2.02. The summed E-state index contributed by atoms with van der Waals surface area (Å²) in [5.41, 5.74) is 0.259. The van der Waals surface area contributed by atoms with Crippen molar-refractivity contribution in [1.82, 2.24) is 14.5 Å². The first-order valence-corrected chi connectivity index (χ1v) is 12.6. The summed E-state index contributed by atoms with van der Waals surface area (Å²) in [6.45, 7) is 7.06. The van der Waals surface area contributed by atoms with Crippen LogP contribution in [0, 0.1) is 22.9 Å². The fraction of sp³-hybridized carbons (Fsp3) is 0.304. The molecule has 192 valence electrons. The van der Waals surface area contributed by atoms with Gasteiger partial charge in [-0.2, -0.15) is 5.10 Å². The van der Waals surface area contributed by atoms with Gasteiger partial charge in [0.05, 0.1) is 4.92 Å². The highest BCUT2D eigenvalue weighted by atomic mass is 32.2. The van der Waals surface area contributed by atoms with E-state index >= 15 is 0 Å². The molecule has 0 bridgehead atoms. The van der Waals surface area contributed by atoms with Gasteiger partial charge in [0.1, 0.15) is 16.5 Å². The maximum atomic E-state index is 13.2. The third-order valence-corrected chi connectivity index (χ3v) is 6.96. The second kappa shape index (κ2) is 10.8. The van der Waals surface area contributed by atoms with Gasteiger partial charge in [-0.05, 0) is 57.5 Å². The molecule has 13 heteroatoms. The molecule has 3 aromatic rings. The van der Waals surface area contributed by atoms with Crippen molar-refractivity contribution >= 4 is 27.3 Å². The molecule has 0 fully saturated rings. The minimum absolute atomic E-state index is 0.0141. The molecular formula is C23H26FN5O6S. The Labute approximate surface area is 207 Å². The zero-order valence-electron chi connectivity index (χ0n) is 20.1. The lowest BCUT2D eigenvalue weighted by Crippen LogP contribution is -2.32. The second-order valence-corrected chi connectivity index (χ2v) is 9.66. The van der Waals surface area contributed by atoms with Gasteiger partial charge in [0.15, 0.2) is 5.69 Å². The standard InChI is InChI=1S/C23H26FN5O6S/c1-5-14(3)27-36(33,34)20-13-18(29(31)32)11-12-19(20)35-23-15(4)21(26-28(23)6-2)22(30)25-17-9-7-16(24)8-10-17/h7-14,27H,5-6H2,1-4H3,(H,25,30)/t14-/m1/s1. The van der Waals surface area contributed by atoms with Crippen LogP contribution < -0.4 is 14.8 Å². The van der Waals surface area contributed by atoms with Crippen LogP contribution in [0.3, 0.4) is 0 Å². The maximum Gasteiger partial charge on any atom is 0.276 e. The van der Waals surface area contributed by atoms with Gasteiger partial charge in [0, 0.05) is 36.0 Å². The highest BCUT2D eigenvalue weighted by molar-refractivity contribution is 7.89. The zero-order valence-corrected chi connectivity index (χ0v) is 20.9. The number of amides is 1. The van der Waals surface area contributed by atoms with Crippen LogP contribution in [0.5, 0.6) is 11.6 Å². The van der Waals surface area contributed by atoms with Crippen molar-refractivity contribution in [2.75, 3.05) is 5.32 Å². The molecule has 1 amide bonds. The van der Waals surface area contributed by atoms with Crippen molar-refractivity contribution in [3.63, 3.8) is 0 Å². The minimum atomic E-state index is -4.18. The van der Waals surface area contributed by atoms with Gasteiger partial charge >= 0.3 is 0 Å². The van der Waals surface area contributed by atoms with E-state index in [0.29, 0.717) is 17.7 Å². The van der Waals surface area contributed by atoms with E-state index in [1.165, 1.54) is 35.0 Å². The number of non-ortho nitro benzene ring substituents is 1. The van der Waals surface area contributed by atoms with Crippen molar-refractivity contribution in [3.8, 4) is 11.6 Å². The van der Waals surface area contributed by atoms with Crippen LogP contribution in [-0.2, 0) is 16.6 Å².